The van der Waals surface area contributed by atoms with Crippen molar-refractivity contribution in [1.82, 2.24) is 5.48 Å². The zero-order valence-electron chi connectivity index (χ0n) is 16.2. The van der Waals surface area contributed by atoms with Crippen molar-refractivity contribution in [3.8, 4) is 22.9 Å². The number of nitrogens with one attached hydrogen (secondary N) is 1. The molecule has 3 aromatic rings. The van der Waals surface area contributed by atoms with Crippen LogP contribution >= 0.6 is 0 Å². The molecular weight excluding hydrogens is 380 g/mol. The van der Waals surface area contributed by atoms with Crippen LogP contribution in [0.1, 0.15) is 28.8 Å². The third-order valence-corrected chi connectivity index (χ3v) is 4.27. The van der Waals surface area contributed by atoms with Crippen molar-refractivity contribution in [1.29, 1.82) is 5.26 Å². The smallest absolute Gasteiger partial charge is 0.332 e. The first-order chi connectivity index (χ1) is 14.7. The van der Waals surface area contributed by atoms with E-state index in [1.165, 1.54) is 0 Å². The van der Waals surface area contributed by atoms with Gasteiger partial charge in [-0.1, -0.05) is 48.5 Å². The predicted octanol–water partition coefficient (Wildman–Crippen LogP) is 4.27. The summed E-state index contributed by atoms with van der Waals surface area (Å²) in [6, 6.07) is 25.6. The number of nitriles is 1. The largest absolute Gasteiger partial charge is 0.494 e. The predicted molar refractivity (Wildman–Crippen MR) is 111 cm³/mol. The number of carbonyl (C=O) groups excluding carboxylic acids is 2. The molecule has 0 atom stereocenters. The lowest BCUT2D eigenvalue weighted by Crippen LogP contribution is -2.27. The van der Waals surface area contributed by atoms with Gasteiger partial charge >= 0.3 is 5.97 Å². The molecule has 0 fully saturated rings. The van der Waals surface area contributed by atoms with Gasteiger partial charge in [0.15, 0.2) is 0 Å². The van der Waals surface area contributed by atoms with Crippen LogP contribution in [0.2, 0.25) is 0 Å². The Labute approximate surface area is 174 Å². The van der Waals surface area contributed by atoms with Crippen molar-refractivity contribution in [2.45, 2.75) is 12.8 Å². The van der Waals surface area contributed by atoms with Crippen LogP contribution in [0.3, 0.4) is 0 Å². The van der Waals surface area contributed by atoms with E-state index in [1.807, 2.05) is 48.5 Å². The van der Waals surface area contributed by atoms with Gasteiger partial charge in [0.2, 0.25) is 0 Å². The molecule has 0 unspecified atom stereocenters. The Morgan fingerprint density at radius 3 is 2.37 bits per heavy atom. The van der Waals surface area contributed by atoms with Gasteiger partial charge in [-0.3, -0.25) is 4.79 Å². The summed E-state index contributed by atoms with van der Waals surface area (Å²) < 4.78 is 5.50. The fraction of sp³-hybridized carbons (Fsp3) is 0.125. The normalized spacial score (nSPS) is 9.97. The summed E-state index contributed by atoms with van der Waals surface area (Å²) in [5, 5.41) is 8.86. The standard InChI is InChI=1S/C24H20N2O4/c25-17-18-6-4-9-22(16-18)29-15-5-10-23(27)30-26-24(28)21-13-11-20(12-14-21)19-7-2-1-3-8-19/h1-4,6-9,11-14,16H,5,10,15H2,(H,26,28). The lowest BCUT2D eigenvalue weighted by molar-refractivity contribution is -0.149. The molecule has 3 rings (SSSR count). The molecular formula is C24H20N2O4. The first-order valence-electron chi connectivity index (χ1n) is 9.44. The van der Waals surface area contributed by atoms with Crippen LogP contribution in [-0.4, -0.2) is 18.5 Å². The van der Waals surface area contributed by atoms with Crippen LogP contribution in [0.15, 0.2) is 78.9 Å². The molecule has 0 aromatic heterocycles. The molecule has 150 valence electrons. The van der Waals surface area contributed by atoms with Crippen LogP contribution in [0.5, 0.6) is 5.75 Å². The fourth-order valence-corrected chi connectivity index (χ4v) is 2.72. The zero-order valence-corrected chi connectivity index (χ0v) is 16.2. The van der Waals surface area contributed by atoms with E-state index in [0.29, 0.717) is 29.9 Å². The molecule has 1 N–H and O–H groups in total. The van der Waals surface area contributed by atoms with Gasteiger partial charge in [0, 0.05) is 5.56 Å². The number of benzene rings is 3. The van der Waals surface area contributed by atoms with Gasteiger partial charge in [0.25, 0.3) is 5.91 Å². The maximum atomic E-state index is 12.1. The molecule has 3 aromatic carbocycles. The number of hydrogen-bond acceptors (Lipinski definition) is 5. The van der Waals surface area contributed by atoms with Gasteiger partial charge in [0.05, 0.1) is 24.7 Å². The van der Waals surface area contributed by atoms with E-state index in [4.69, 9.17) is 14.8 Å². The first kappa shape index (κ1) is 20.6. The minimum Gasteiger partial charge on any atom is -0.494 e. The summed E-state index contributed by atoms with van der Waals surface area (Å²) in [7, 11) is 0. The van der Waals surface area contributed by atoms with Crippen LogP contribution in [0, 0.1) is 11.3 Å². The molecule has 0 heterocycles. The topological polar surface area (TPSA) is 88.4 Å². The second-order valence-corrected chi connectivity index (χ2v) is 6.44. The highest BCUT2D eigenvalue weighted by Gasteiger charge is 2.10. The quantitative estimate of drug-likeness (QED) is 0.473. The summed E-state index contributed by atoms with van der Waals surface area (Å²) >= 11 is 0. The molecule has 0 saturated carbocycles. The number of hydrogen-bond donors (Lipinski definition) is 1. The van der Waals surface area contributed by atoms with Gasteiger partial charge in [-0.2, -0.15) is 10.7 Å². The summed E-state index contributed by atoms with van der Waals surface area (Å²) in [5.41, 5.74) is 5.11. The molecule has 30 heavy (non-hydrogen) atoms. The zero-order chi connectivity index (χ0) is 21.2. The van der Waals surface area contributed by atoms with E-state index in [1.54, 1.807) is 36.4 Å². The molecule has 1 amide bonds. The van der Waals surface area contributed by atoms with Gasteiger partial charge in [-0.15, -0.1) is 0 Å². The Morgan fingerprint density at radius 2 is 1.63 bits per heavy atom. The summed E-state index contributed by atoms with van der Waals surface area (Å²) in [5.74, 6) is -0.485. The lowest BCUT2D eigenvalue weighted by Gasteiger charge is -2.08. The molecule has 6 heteroatoms. The second kappa shape index (κ2) is 10.4. The first-order valence-corrected chi connectivity index (χ1v) is 9.44. The number of nitrogens with zero attached hydrogens (tertiary/aromatic N) is 1. The molecule has 0 aliphatic heterocycles. The minimum absolute atomic E-state index is 0.0885. The fourth-order valence-electron chi connectivity index (χ4n) is 2.72. The van der Waals surface area contributed by atoms with Crippen molar-refractivity contribution < 1.29 is 19.2 Å². The van der Waals surface area contributed by atoms with Crippen LogP contribution in [0.4, 0.5) is 0 Å². The Hall–Kier alpha value is -4.11. The summed E-state index contributed by atoms with van der Waals surface area (Å²) in [6.07, 6.45) is 0.502. The molecule has 0 aliphatic rings. The molecule has 0 spiro atoms. The highest BCUT2D eigenvalue weighted by atomic mass is 16.7. The number of ether oxygens (including phenoxy) is 1. The van der Waals surface area contributed by atoms with Crippen molar-refractivity contribution in [3.63, 3.8) is 0 Å². The summed E-state index contributed by atoms with van der Waals surface area (Å²) in [4.78, 5) is 28.8. The monoisotopic (exact) mass is 400 g/mol. The van der Waals surface area contributed by atoms with Gasteiger partial charge < -0.3 is 9.57 Å². The Kier molecular flexibility index (Phi) is 7.17. The van der Waals surface area contributed by atoms with E-state index in [9.17, 15) is 9.59 Å². The summed E-state index contributed by atoms with van der Waals surface area (Å²) in [6.45, 7) is 0.291. The molecule has 0 bridgehead atoms. The van der Waals surface area contributed by atoms with E-state index >= 15 is 0 Å². The maximum Gasteiger partial charge on any atom is 0.332 e. The van der Waals surface area contributed by atoms with Crippen LogP contribution in [0.25, 0.3) is 11.1 Å². The van der Waals surface area contributed by atoms with Crippen molar-refractivity contribution >= 4 is 11.9 Å². The number of carbonyl (C=O) groups is 2. The van der Waals surface area contributed by atoms with Crippen LogP contribution in [-0.2, 0) is 9.63 Å². The Morgan fingerprint density at radius 1 is 0.900 bits per heavy atom. The van der Waals surface area contributed by atoms with Crippen molar-refractivity contribution in [2.24, 2.45) is 0 Å². The van der Waals surface area contributed by atoms with E-state index in [2.05, 4.69) is 5.48 Å². The van der Waals surface area contributed by atoms with E-state index in [-0.39, 0.29) is 6.42 Å². The highest BCUT2D eigenvalue weighted by molar-refractivity contribution is 5.94. The number of amides is 1. The van der Waals surface area contributed by atoms with Crippen LogP contribution < -0.4 is 10.2 Å². The third-order valence-electron chi connectivity index (χ3n) is 4.27. The number of rotatable bonds is 7. The van der Waals surface area contributed by atoms with E-state index in [0.717, 1.165) is 11.1 Å². The average Bonchev–Trinajstić information content (AvgIpc) is 2.81. The SMILES string of the molecule is N#Cc1cccc(OCCCC(=O)ONC(=O)c2ccc(-c3ccccc3)cc2)c1. The lowest BCUT2D eigenvalue weighted by atomic mass is 10.0. The van der Waals surface area contributed by atoms with Gasteiger partial charge in [-0.05, 0) is 47.9 Å². The van der Waals surface area contributed by atoms with Gasteiger partial charge in [-0.25, -0.2) is 4.79 Å². The van der Waals surface area contributed by atoms with Gasteiger partial charge in [0.1, 0.15) is 5.75 Å². The third kappa shape index (κ3) is 5.94. The number of hydroxylamine groups is 1. The molecule has 0 aliphatic carbocycles. The minimum atomic E-state index is -0.557. The molecule has 0 saturated heterocycles. The van der Waals surface area contributed by atoms with Crippen molar-refractivity contribution in [2.75, 3.05) is 6.61 Å². The molecule has 6 nitrogen and oxygen atoms in total. The average molecular weight is 400 g/mol. The van der Waals surface area contributed by atoms with E-state index < -0.39 is 11.9 Å². The molecule has 0 radical (unpaired) electrons. The highest BCUT2D eigenvalue weighted by Crippen LogP contribution is 2.19. The second-order valence-electron chi connectivity index (χ2n) is 6.44. The Balaban J connectivity index is 1.39. The maximum absolute atomic E-state index is 12.1. The Bertz CT molecular complexity index is 1040. The van der Waals surface area contributed by atoms with Crippen molar-refractivity contribution in [3.05, 3.63) is 90.0 Å².